The number of nitrogens with zero attached hydrogens (tertiary/aromatic N) is 2. The summed E-state index contributed by atoms with van der Waals surface area (Å²) in [4.78, 5) is 19.3. The van der Waals surface area contributed by atoms with Gasteiger partial charge in [0.15, 0.2) is 4.80 Å². The van der Waals surface area contributed by atoms with Crippen molar-refractivity contribution in [2.75, 3.05) is 0 Å². The number of aryl methyl sites for hydroxylation is 1. The van der Waals surface area contributed by atoms with Crippen LogP contribution >= 0.6 is 22.9 Å². The molecule has 0 radical (unpaired) electrons. The second-order valence-corrected chi connectivity index (χ2v) is 9.66. The molecule has 3 aromatic carbocycles. The number of fused-ring (bicyclic) bond motifs is 3. The fourth-order valence-electron chi connectivity index (χ4n) is 4.68. The smallest absolute Gasteiger partial charge is 0.271 e. The Kier molecular flexibility index (Phi) is 4.89. The van der Waals surface area contributed by atoms with Crippen LogP contribution in [0, 0.1) is 5.82 Å². The van der Waals surface area contributed by atoms with Crippen LogP contribution in [0.3, 0.4) is 0 Å². The lowest BCUT2D eigenvalue weighted by Crippen LogP contribution is -2.38. The van der Waals surface area contributed by atoms with E-state index in [9.17, 15) is 9.18 Å². The minimum atomic E-state index is -0.303. The molecule has 6 rings (SSSR count). The predicted molar refractivity (Wildman–Crippen MR) is 131 cm³/mol. The highest BCUT2D eigenvalue weighted by Gasteiger charge is 2.32. The Bertz CT molecular complexity index is 1600. The van der Waals surface area contributed by atoms with Crippen LogP contribution in [0.4, 0.5) is 4.39 Å². The molecule has 1 aromatic heterocycles. The van der Waals surface area contributed by atoms with E-state index >= 15 is 0 Å². The van der Waals surface area contributed by atoms with Gasteiger partial charge in [-0.2, -0.15) is 0 Å². The van der Waals surface area contributed by atoms with Gasteiger partial charge in [0.1, 0.15) is 5.82 Å². The van der Waals surface area contributed by atoms with Crippen molar-refractivity contribution in [1.29, 1.82) is 0 Å². The third kappa shape index (κ3) is 3.48. The maximum absolute atomic E-state index is 13.6. The van der Waals surface area contributed by atoms with E-state index in [-0.39, 0.29) is 17.4 Å². The minimum Gasteiger partial charge on any atom is -0.272 e. The molecule has 3 nitrogen and oxygen atoms in total. The Balaban J connectivity index is 1.62. The van der Waals surface area contributed by atoms with Crippen LogP contribution in [-0.2, 0) is 6.42 Å². The average molecular weight is 473 g/mol. The van der Waals surface area contributed by atoms with E-state index < -0.39 is 0 Å². The number of thiazole rings is 1. The first-order valence-electron chi connectivity index (χ1n) is 10.7. The monoisotopic (exact) mass is 472 g/mol. The molecule has 0 spiro atoms. The van der Waals surface area contributed by atoms with Gasteiger partial charge in [-0.15, -0.1) is 0 Å². The molecule has 0 fully saturated rings. The molecular weight excluding hydrogens is 455 g/mol. The van der Waals surface area contributed by atoms with Gasteiger partial charge in [0, 0.05) is 10.6 Å². The topological polar surface area (TPSA) is 34.4 Å². The van der Waals surface area contributed by atoms with Crippen LogP contribution in [0.15, 0.2) is 88.2 Å². The van der Waals surface area contributed by atoms with Crippen molar-refractivity contribution in [3.8, 4) is 0 Å². The van der Waals surface area contributed by atoms with E-state index in [0.717, 1.165) is 40.8 Å². The zero-order valence-corrected chi connectivity index (χ0v) is 19.0. The molecule has 4 aromatic rings. The highest BCUT2D eigenvalue weighted by atomic mass is 35.5. The molecule has 1 unspecified atom stereocenters. The van der Waals surface area contributed by atoms with Gasteiger partial charge in [-0.05, 0) is 65.4 Å². The zero-order chi connectivity index (χ0) is 22.5. The number of halogens is 2. The summed E-state index contributed by atoms with van der Waals surface area (Å²) in [6.07, 6.45) is 3.55. The van der Waals surface area contributed by atoms with Crippen molar-refractivity contribution in [3.05, 3.63) is 131 Å². The van der Waals surface area contributed by atoms with Gasteiger partial charge in [-0.1, -0.05) is 71.5 Å². The highest BCUT2D eigenvalue weighted by Crippen LogP contribution is 2.41. The van der Waals surface area contributed by atoms with Gasteiger partial charge < -0.3 is 0 Å². The molecule has 6 heteroatoms. The molecule has 0 amide bonds. The Morgan fingerprint density at radius 3 is 2.55 bits per heavy atom. The summed E-state index contributed by atoms with van der Waals surface area (Å²) < 4.78 is 15.7. The molecule has 0 bridgehead atoms. The summed E-state index contributed by atoms with van der Waals surface area (Å²) in [5.41, 5.74) is 6.22. The maximum Gasteiger partial charge on any atom is 0.271 e. The molecule has 1 aliphatic heterocycles. The number of benzene rings is 3. The molecule has 2 heterocycles. The summed E-state index contributed by atoms with van der Waals surface area (Å²) in [5.74, 6) is -0.303. The second kappa shape index (κ2) is 7.94. The third-order valence-electron chi connectivity index (χ3n) is 6.23. The Morgan fingerprint density at radius 2 is 1.76 bits per heavy atom. The van der Waals surface area contributed by atoms with Gasteiger partial charge in [0.05, 0.1) is 16.3 Å². The molecule has 0 saturated carbocycles. The molecule has 0 N–H and O–H groups in total. The Labute approximate surface area is 198 Å². The van der Waals surface area contributed by atoms with Crippen LogP contribution < -0.4 is 14.9 Å². The molecule has 2 aliphatic rings. The fraction of sp³-hybridized carbons (Fsp3) is 0.111. The first-order chi connectivity index (χ1) is 16.1. The number of rotatable bonds is 2. The normalized spacial score (nSPS) is 17.3. The summed E-state index contributed by atoms with van der Waals surface area (Å²) >= 11 is 7.53. The summed E-state index contributed by atoms with van der Waals surface area (Å²) in [7, 11) is 0. The van der Waals surface area contributed by atoms with E-state index in [2.05, 4.69) is 18.2 Å². The van der Waals surface area contributed by atoms with Gasteiger partial charge >= 0.3 is 0 Å². The number of hydrogen-bond donors (Lipinski definition) is 0. The van der Waals surface area contributed by atoms with Crippen molar-refractivity contribution < 1.29 is 4.39 Å². The SMILES string of the molecule is O=c1/c(=C/c2ccc(F)cc2)sc2n1C(c1ccc(Cl)cc1)C1=C(N=2)c2ccccc2CC1. The number of aromatic nitrogens is 1. The van der Waals surface area contributed by atoms with Crippen molar-refractivity contribution in [1.82, 2.24) is 4.57 Å². The molecule has 0 saturated heterocycles. The molecule has 162 valence electrons. The van der Waals surface area contributed by atoms with Gasteiger partial charge in [0.2, 0.25) is 0 Å². The van der Waals surface area contributed by atoms with Crippen molar-refractivity contribution in [2.24, 2.45) is 4.99 Å². The van der Waals surface area contributed by atoms with E-state index in [1.54, 1.807) is 22.8 Å². The van der Waals surface area contributed by atoms with Crippen molar-refractivity contribution >= 4 is 34.7 Å². The standard InChI is InChI=1S/C27H18ClFN2OS/c28-19-10-7-18(8-11-19)25-22-14-9-17-3-1-2-4-21(17)24(22)30-27-31(25)26(32)23(33-27)15-16-5-12-20(29)13-6-16/h1-8,10-13,15,25H,9,14H2/b23-15-. The van der Waals surface area contributed by atoms with Crippen LogP contribution in [-0.4, -0.2) is 4.57 Å². The van der Waals surface area contributed by atoms with Crippen LogP contribution in [0.1, 0.15) is 34.7 Å². The van der Waals surface area contributed by atoms with Gasteiger partial charge in [0.25, 0.3) is 5.56 Å². The first kappa shape index (κ1) is 20.3. The van der Waals surface area contributed by atoms with E-state index in [1.807, 2.05) is 30.3 Å². The first-order valence-corrected chi connectivity index (χ1v) is 11.9. The highest BCUT2D eigenvalue weighted by molar-refractivity contribution is 7.07. The van der Waals surface area contributed by atoms with E-state index in [4.69, 9.17) is 16.6 Å². The van der Waals surface area contributed by atoms with Crippen molar-refractivity contribution in [2.45, 2.75) is 18.9 Å². The molecule has 1 aliphatic carbocycles. The largest absolute Gasteiger partial charge is 0.272 e. The van der Waals surface area contributed by atoms with Crippen molar-refractivity contribution in [3.63, 3.8) is 0 Å². The summed E-state index contributed by atoms with van der Waals surface area (Å²) in [6, 6.07) is 21.9. The van der Waals surface area contributed by atoms with E-state index in [0.29, 0.717) is 14.4 Å². The summed E-state index contributed by atoms with van der Waals surface area (Å²) in [6.45, 7) is 0. The predicted octanol–water partition coefficient (Wildman–Crippen LogP) is 5.11. The lowest BCUT2D eigenvalue weighted by atomic mass is 9.83. The Morgan fingerprint density at radius 1 is 1.00 bits per heavy atom. The molecular formula is C27H18ClFN2OS. The fourth-order valence-corrected chi connectivity index (χ4v) is 5.80. The van der Waals surface area contributed by atoms with Gasteiger partial charge in [-0.25, -0.2) is 9.38 Å². The number of hydrogen-bond acceptors (Lipinski definition) is 3. The third-order valence-corrected chi connectivity index (χ3v) is 7.46. The Hall–Kier alpha value is -3.28. The second-order valence-electron chi connectivity index (χ2n) is 8.22. The summed E-state index contributed by atoms with van der Waals surface area (Å²) in [5, 5.41) is 0.658. The minimum absolute atomic E-state index is 0.0894. The lowest BCUT2D eigenvalue weighted by Gasteiger charge is -2.30. The lowest BCUT2D eigenvalue weighted by molar-refractivity contribution is 0.585. The van der Waals surface area contributed by atoms with Crippen LogP contribution in [0.2, 0.25) is 5.02 Å². The van der Waals surface area contributed by atoms with Gasteiger partial charge in [-0.3, -0.25) is 9.36 Å². The van der Waals surface area contributed by atoms with E-state index in [1.165, 1.54) is 29.0 Å². The average Bonchev–Trinajstić information content (AvgIpc) is 3.14. The molecule has 33 heavy (non-hydrogen) atoms. The number of allylic oxidation sites excluding steroid dienone is 1. The maximum atomic E-state index is 13.6. The van der Waals surface area contributed by atoms with Crippen LogP contribution in [0.25, 0.3) is 11.8 Å². The van der Waals surface area contributed by atoms with Crippen LogP contribution in [0.5, 0.6) is 0 Å². The quantitative estimate of drug-likeness (QED) is 0.399. The molecule has 1 atom stereocenters. The zero-order valence-electron chi connectivity index (χ0n) is 17.5.